The fourth-order valence-electron chi connectivity index (χ4n) is 1.30. The van der Waals surface area contributed by atoms with Gasteiger partial charge in [-0.1, -0.05) is 58.3 Å². The molecule has 1 saturated carbocycles. The van der Waals surface area contributed by atoms with Crippen molar-refractivity contribution < 1.29 is 24.5 Å². The normalized spacial score (nSPS) is 10.9. The van der Waals surface area contributed by atoms with Crippen LogP contribution < -0.4 is 0 Å². The molecular weight excluding hydrogens is 308 g/mol. The van der Waals surface area contributed by atoms with E-state index in [1.807, 2.05) is 13.8 Å². The third kappa shape index (κ3) is 58.0. The van der Waals surface area contributed by atoms with Gasteiger partial charge in [-0.05, 0) is 20.3 Å². The molecule has 0 radical (unpaired) electrons. The highest BCUT2D eigenvalue weighted by Gasteiger charge is 1.95. The number of hydrogen-bond acceptors (Lipinski definition) is 5. The Morgan fingerprint density at radius 1 is 0.833 bits per heavy atom. The topological polar surface area (TPSA) is 76.0 Å². The Labute approximate surface area is 149 Å². The van der Waals surface area contributed by atoms with Crippen molar-refractivity contribution in [2.75, 3.05) is 33.0 Å². The van der Waals surface area contributed by atoms with Crippen LogP contribution in [0, 0.1) is 0 Å². The third-order valence-electron chi connectivity index (χ3n) is 2.67. The second-order valence-electron chi connectivity index (χ2n) is 5.40. The van der Waals surface area contributed by atoms with Gasteiger partial charge in [-0.3, -0.25) is 4.79 Å². The van der Waals surface area contributed by atoms with Gasteiger partial charge in [-0.25, -0.2) is 0 Å². The lowest BCUT2D eigenvalue weighted by molar-refractivity contribution is -0.141. The zero-order valence-electron chi connectivity index (χ0n) is 16.5. The maximum atomic E-state index is 10.4. The first-order valence-electron chi connectivity index (χ1n) is 9.53. The van der Waals surface area contributed by atoms with Crippen molar-refractivity contribution in [1.29, 1.82) is 0 Å². The molecule has 1 aliphatic rings. The fourth-order valence-corrected chi connectivity index (χ4v) is 1.30. The summed E-state index contributed by atoms with van der Waals surface area (Å²) in [5.74, 6) is -0.163. The Morgan fingerprint density at radius 2 is 1.29 bits per heavy atom. The van der Waals surface area contributed by atoms with E-state index in [1.54, 1.807) is 0 Å². The molecule has 5 heteroatoms. The predicted molar refractivity (Wildman–Crippen MR) is 100 cm³/mol. The van der Waals surface area contributed by atoms with Crippen LogP contribution in [0.3, 0.4) is 0 Å². The highest BCUT2D eigenvalue weighted by molar-refractivity contribution is 5.65. The minimum atomic E-state index is -0.163. The molecule has 0 amide bonds. The maximum Gasteiger partial charge on any atom is 0.302 e. The number of hydrogen-bond donors (Lipinski definition) is 2. The van der Waals surface area contributed by atoms with Crippen LogP contribution >= 0.6 is 0 Å². The Kier molecular flexibility index (Phi) is 35.5. The lowest BCUT2D eigenvalue weighted by Gasteiger charge is -2.01. The van der Waals surface area contributed by atoms with E-state index in [-0.39, 0.29) is 19.2 Å². The number of rotatable bonds is 10. The van der Waals surface area contributed by atoms with Gasteiger partial charge in [-0.2, -0.15) is 0 Å². The van der Waals surface area contributed by atoms with E-state index in [1.165, 1.54) is 58.3 Å². The molecule has 1 fully saturated rings. The number of aliphatic hydroxyl groups excluding tert-OH is 2. The van der Waals surface area contributed by atoms with Crippen LogP contribution in [-0.2, 0) is 14.3 Å². The standard InChI is InChI=1S/C10H20O2.C4H10O.C3H6.C2H6O2/c1-3-4-5-6-7-8-9-12-10(2)11;1-3-5-4-2;1-2-3-1;3-1-2-4/h3-9H2,1-2H3;3-4H2,1-2H3;1-3H2;3-4H,1-2H2. The molecule has 0 aromatic rings. The first-order chi connectivity index (χ1) is 11.6. The molecule has 0 spiro atoms. The van der Waals surface area contributed by atoms with E-state index in [9.17, 15) is 4.79 Å². The summed E-state index contributed by atoms with van der Waals surface area (Å²) >= 11 is 0. The van der Waals surface area contributed by atoms with E-state index < -0.39 is 0 Å². The molecule has 0 aliphatic heterocycles. The molecule has 0 unspecified atom stereocenters. The number of ether oxygens (including phenoxy) is 2. The van der Waals surface area contributed by atoms with Crippen molar-refractivity contribution >= 4 is 5.97 Å². The summed E-state index contributed by atoms with van der Waals surface area (Å²) in [4.78, 5) is 10.4. The smallest absolute Gasteiger partial charge is 0.302 e. The van der Waals surface area contributed by atoms with Gasteiger partial charge in [0, 0.05) is 20.1 Å². The van der Waals surface area contributed by atoms with Crippen molar-refractivity contribution in [1.82, 2.24) is 0 Å². The van der Waals surface area contributed by atoms with Crippen molar-refractivity contribution in [3.8, 4) is 0 Å². The highest BCUT2D eigenvalue weighted by Crippen LogP contribution is 2.14. The molecule has 0 atom stereocenters. The van der Waals surface area contributed by atoms with Gasteiger partial charge in [0.2, 0.25) is 0 Å². The van der Waals surface area contributed by atoms with Crippen LogP contribution in [0.1, 0.15) is 85.5 Å². The van der Waals surface area contributed by atoms with E-state index in [0.717, 1.165) is 19.6 Å². The van der Waals surface area contributed by atoms with E-state index in [4.69, 9.17) is 19.7 Å². The van der Waals surface area contributed by atoms with Gasteiger partial charge in [0.05, 0.1) is 19.8 Å². The lowest BCUT2D eigenvalue weighted by atomic mass is 10.1. The molecule has 0 aromatic heterocycles. The molecule has 1 rings (SSSR count). The minimum absolute atomic E-state index is 0.125. The van der Waals surface area contributed by atoms with Crippen molar-refractivity contribution in [3.63, 3.8) is 0 Å². The van der Waals surface area contributed by atoms with Gasteiger partial charge < -0.3 is 19.7 Å². The third-order valence-corrected chi connectivity index (χ3v) is 2.67. The summed E-state index contributed by atoms with van der Waals surface area (Å²) < 4.78 is 9.64. The second kappa shape index (κ2) is 30.3. The zero-order valence-corrected chi connectivity index (χ0v) is 16.5. The van der Waals surface area contributed by atoms with Crippen molar-refractivity contribution in [2.24, 2.45) is 0 Å². The SMILES string of the molecule is C1CC1.CCCCCCCCOC(C)=O.CCOCC.OCCO. The quantitative estimate of drug-likeness (QED) is 0.458. The summed E-state index contributed by atoms with van der Waals surface area (Å²) in [6.07, 6.45) is 11.9. The number of esters is 1. The fraction of sp³-hybridized carbons (Fsp3) is 0.947. The van der Waals surface area contributed by atoms with Crippen LogP contribution in [-0.4, -0.2) is 49.2 Å². The number of aliphatic hydroxyl groups is 2. The first-order valence-corrected chi connectivity index (χ1v) is 9.53. The number of carbonyl (C=O) groups is 1. The van der Waals surface area contributed by atoms with E-state index in [0.29, 0.717) is 6.61 Å². The molecule has 2 N–H and O–H groups in total. The zero-order chi connectivity index (χ0) is 18.9. The Hall–Kier alpha value is -0.650. The summed E-state index contributed by atoms with van der Waals surface area (Å²) in [5, 5.41) is 15.2. The predicted octanol–water partition coefficient (Wildman–Crippen LogP) is 4.09. The molecule has 1 aliphatic carbocycles. The molecule has 148 valence electrons. The first kappa shape index (κ1) is 28.2. The lowest BCUT2D eigenvalue weighted by Crippen LogP contribution is -1.99. The summed E-state index contributed by atoms with van der Waals surface area (Å²) in [6, 6.07) is 0. The molecule has 0 heterocycles. The molecule has 0 saturated heterocycles. The van der Waals surface area contributed by atoms with Gasteiger partial charge in [0.15, 0.2) is 0 Å². The largest absolute Gasteiger partial charge is 0.466 e. The Balaban J connectivity index is -0.000000298. The number of carbonyl (C=O) groups excluding carboxylic acids is 1. The summed E-state index contributed by atoms with van der Waals surface area (Å²) in [6.45, 7) is 9.68. The average molecular weight is 351 g/mol. The van der Waals surface area contributed by atoms with Crippen LogP contribution in [0.2, 0.25) is 0 Å². The van der Waals surface area contributed by atoms with Crippen LogP contribution in [0.15, 0.2) is 0 Å². The highest BCUT2D eigenvalue weighted by atomic mass is 16.5. The van der Waals surface area contributed by atoms with Crippen LogP contribution in [0.25, 0.3) is 0 Å². The average Bonchev–Trinajstić information content (AvgIpc) is 3.44. The summed E-state index contributed by atoms with van der Waals surface area (Å²) in [7, 11) is 0. The molecular formula is C19H42O5. The second-order valence-corrected chi connectivity index (χ2v) is 5.40. The molecule has 5 nitrogen and oxygen atoms in total. The van der Waals surface area contributed by atoms with Crippen LogP contribution in [0.5, 0.6) is 0 Å². The summed E-state index contributed by atoms with van der Waals surface area (Å²) in [5.41, 5.74) is 0. The molecule has 0 aromatic carbocycles. The van der Waals surface area contributed by atoms with Crippen LogP contribution in [0.4, 0.5) is 0 Å². The monoisotopic (exact) mass is 350 g/mol. The Bertz CT molecular complexity index is 201. The van der Waals surface area contributed by atoms with Crippen molar-refractivity contribution in [2.45, 2.75) is 85.5 Å². The minimum Gasteiger partial charge on any atom is -0.466 e. The van der Waals surface area contributed by atoms with Gasteiger partial charge in [0.1, 0.15) is 0 Å². The molecule has 0 bridgehead atoms. The van der Waals surface area contributed by atoms with E-state index >= 15 is 0 Å². The Morgan fingerprint density at radius 3 is 1.58 bits per heavy atom. The van der Waals surface area contributed by atoms with Gasteiger partial charge in [-0.15, -0.1) is 0 Å². The number of unbranched alkanes of at least 4 members (excludes halogenated alkanes) is 5. The maximum absolute atomic E-state index is 10.4. The van der Waals surface area contributed by atoms with Gasteiger partial charge in [0.25, 0.3) is 0 Å². The van der Waals surface area contributed by atoms with E-state index in [2.05, 4.69) is 6.92 Å². The molecule has 24 heavy (non-hydrogen) atoms. The van der Waals surface area contributed by atoms with Gasteiger partial charge >= 0.3 is 5.97 Å². The van der Waals surface area contributed by atoms with Crippen molar-refractivity contribution in [3.05, 3.63) is 0 Å².